The molecule has 1 heterocycles. The molecule has 27 heavy (non-hydrogen) atoms. The number of amides is 1. The number of halogens is 2. The molecular formula is C16H11F2N3O6. The third-order valence-electron chi connectivity index (χ3n) is 3.54. The highest BCUT2D eigenvalue weighted by Crippen LogP contribution is 2.25. The second-order valence-electron chi connectivity index (χ2n) is 5.29. The molecule has 11 heteroatoms. The molecule has 0 spiro atoms. The van der Waals surface area contributed by atoms with Crippen molar-refractivity contribution in [2.24, 2.45) is 0 Å². The Morgan fingerprint density at radius 2 is 2.04 bits per heavy atom. The lowest BCUT2D eigenvalue weighted by molar-refractivity contribution is -0.384. The van der Waals surface area contributed by atoms with Crippen molar-refractivity contribution in [3.63, 3.8) is 0 Å². The summed E-state index contributed by atoms with van der Waals surface area (Å²) in [4.78, 5) is 34.3. The van der Waals surface area contributed by atoms with Gasteiger partial charge in [0.25, 0.3) is 5.69 Å². The Labute approximate surface area is 148 Å². The average Bonchev–Trinajstić information content (AvgIpc) is 2.91. The molecule has 0 unspecified atom stereocenters. The number of alkyl halides is 2. The molecule has 0 fully saturated rings. The molecule has 0 aliphatic carbocycles. The number of nitro groups is 1. The van der Waals surface area contributed by atoms with Gasteiger partial charge < -0.3 is 14.5 Å². The summed E-state index contributed by atoms with van der Waals surface area (Å²) in [5.41, 5.74) is -0.147. The quantitative estimate of drug-likeness (QED) is 0.520. The predicted octanol–water partition coefficient (Wildman–Crippen LogP) is 2.74. The van der Waals surface area contributed by atoms with Crippen molar-refractivity contribution >= 4 is 28.4 Å². The number of fused-ring (bicyclic) bond motifs is 1. The topological polar surface area (TPSA) is 117 Å². The van der Waals surface area contributed by atoms with E-state index in [4.69, 9.17) is 4.42 Å². The minimum absolute atomic E-state index is 0.000660. The number of rotatable bonds is 6. The number of oxazole rings is 1. The van der Waals surface area contributed by atoms with Gasteiger partial charge in [-0.15, -0.1) is 0 Å². The van der Waals surface area contributed by atoms with Gasteiger partial charge in [-0.3, -0.25) is 19.5 Å². The summed E-state index contributed by atoms with van der Waals surface area (Å²) in [6.07, 6.45) is 0. The molecular weight excluding hydrogens is 368 g/mol. The number of nitrogens with zero attached hydrogens (tertiary/aromatic N) is 2. The lowest BCUT2D eigenvalue weighted by atomic mass is 10.3. The SMILES string of the molecule is O=C(Cn1c(=O)oc2cc([N+](=O)[O-])ccc21)Nc1ccccc1OC(F)F. The number of non-ortho nitro benzene ring substituents is 1. The van der Waals surface area contributed by atoms with E-state index < -0.39 is 29.7 Å². The number of anilines is 1. The number of hydrogen-bond donors (Lipinski definition) is 1. The summed E-state index contributed by atoms with van der Waals surface area (Å²) in [5.74, 6) is -1.83. The molecule has 2 aromatic carbocycles. The van der Waals surface area contributed by atoms with Crippen LogP contribution in [0.4, 0.5) is 20.2 Å². The second kappa shape index (κ2) is 7.23. The molecule has 0 saturated heterocycles. The monoisotopic (exact) mass is 379 g/mol. The van der Waals surface area contributed by atoms with Crippen molar-refractivity contribution in [1.82, 2.24) is 4.57 Å². The fourth-order valence-electron chi connectivity index (χ4n) is 2.42. The van der Waals surface area contributed by atoms with Crippen LogP contribution in [-0.2, 0) is 11.3 Å². The Hall–Kier alpha value is -3.76. The first-order valence-corrected chi connectivity index (χ1v) is 7.46. The Morgan fingerprint density at radius 1 is 1.30 bits per heavy atom. The first-order chi connectivity index (χ1) is 12.8. The number of hydrogen-bond acceptors (Lipinski definition) is 6. The smallest absolute Gasteiger partial charge is 0.420 e. The van der Waals surface area contributed by atoms with Gasteiger partial charge >= 0.3 is 12.4 Å². The zero-order chi connectivity index (χ0) is 19.6. The van der Waals surface area contributed by atoms with Gasteiger partial charge in [0.2, 0.25) is 5.91 Å². The van der Waals surface area contributed by atoms with Crippen molar-refractivity contribution in [2.75, 3.05) is 5.32 Å². The van der Waals surface area contributed by atoms with E-state index in [1.807, 2.05) is 0 Å². The van der Waals surface area contributed by atoms with E-state index in [1.165, 1.54) is 30.3 Å². The Balaban J connectivity index is 1.84. The third-order valence-corrected chi connectivity index (χ3v) is 3.54. The molecule has 1 N–H and O–H groups in total. The molecule has 3 aromatic rings. The first-order valence-electron chi connectivity index (χ1n) is 7.46. The van der Waals surface area contributed by atoms with Gasteiger partial charge in [0.1, 0.15) is 12.3 Å². The molecule has 0 bridgehead atoms. The van der Waals surface area contributed by atoms with E-state index in [1.54, 1.807) is 0 Å². The number of carbonyl (C=O) groups is 1. The molecule has 140 valence electrons. The number of nitro benzene ring substituents is 1. The van der Waals surface area contributed by atoms with Crippen molar-refractivity contribution < 1.29 is 27.7 Å². The summed E-state index contributed by atoms with van der Waals surface area (Å²) in [6, 6.07) is 9.07. The van der Waals surface area contributed by atoms with Crippen LogP contribution in [0.3, 0.4) is 0 Å². The van der Waals surface area contributed by atoms with E-state index in [0.717, 1.165) is 16.7 Å². The van der Waals surface area contributed by atoms with E-state index >= 15 is 0 Å². The van der Waals surface area contributed by atoms with Gasteiger partial charge in [-0.05, 0) is 18.2 Å². The minimum Gasteiger partial charge on any atom is -0.433 e. The molecule has 0 atom stereocenters. The van der Waals surface area contributed by atoms with Gasteiger partial charge in [-0.2, -0.15) is 8.78 Å². The Bertz CT molecular complexity index is 1080. The number of nitrogens with one attached hydrogen (secondary N) is 1. The average molecular weight is 379 g/mol. The maximum absolute atomic E-state index is 12.4. The lowest BCUT2D eigenvalue weighted by Crippen LogP contribution is -2.25. The van der Waals surface area contributed by atoms with Gasteiger partial charge in [0.15, 0.2) is 5.58 Å². The van der Waals surface area contributed by atoms with Crippen LogP contribution in [0.1, 0.15) is 0 Å². The molecule has 0 saturated carbocycles. The summed E-state index contributed by atoms with van der Waals surface area (Å²) < 4.78 is 35.0. The second-order valence-corrected chi connectivity index (χ2v) is 5.29. The molecule has 0 aliphatic rings. The summed E-state index contributed by atoms with van der Waals surface area (Å²) in [7, 11) is 0. The van der Waals surface area contributed by atoms with Crippen LogP contribution in [0, 0.1) is 10.1 Å². The van der Waals surface area contributed by atoms with Crippen LogP contribution >= 0.6 is 0 Å². The van der Waals surface area contributed by atoms with Gasteiger partial charge in [0, 0.05) is 6.07 Å². The molecule has 1 amide bonds. The molecule has 9 nitrogen and oxygen atoms in total. The van der Waals surface area contributed by atoms with E-state index in [2.05, 4.69) is 10.1 Å². The minimum atomic E-state index is -3.07. The van der Waals surface area contributed by atoms with E-state index in [9.17, 15) is 28.5 Å². The number of aromatic nitrogens is 1. The van der Waals surface area contributed by atoms with Crippen molar-refractivity contribution in [3.05, 3.63) is 63.1 Å². The fraction of sp³-hybridized carbons (Fsp3) is 0.125. The molecule has 0 radical (unpaired) electrons. The Kier molecular flexibility index (Phi) is 4.83. The van der Waals surface area contributed by atoms with Crippen LogP contribution in [-0.4, -0.2) is 22.0 Å². The highest BCUT2D eigenvalue weighted by atomic mass is 19.3. The van der Waals surface area contributed by atoms with Crippen LogP contribution < -0.4 is 15.8 Å². The Morgan fingerprint density at radius 3 is 2.74 bits per heavy atom. The number of ether oxygens (including phenoxy) is 1. The van der Waals surface area contributed by atoms with Crippen molar-refractivity contribution in [1.29, 1.82) is 0 Å². The van der Waals surface area contributed by atoms with Crippen LogP contribution in [0.25, 0.3) is 11.1 Å². The summed E-state index contributed by atoms with van der Waals surface area (Å²) in [6.45, 7) is -3.56. The predicted molar refractivity (Wildman–Crippen MR) is 88.8 cm³/mol. The van der Waals surface area contributed by atoms with Gasteiger partial charge in [0.05, 0.1) is 22.2 Å². The highest BCUT2D eigenvalue weighted by molar-refractivity contribution is 5.93. The maximum Gasteiger partial charge on any atom is 0.420 e. The number of carbonyl (C=O) groups excluding carboxylic acids is 1. The molecule has 1 aromatic heterocycles. The van der Waals surface area contributed by atoms with E-state index in [0.29, 0.717) is 0 Å². The fourth-order valence-corrected chi connectivity index (χ4v) is 2.42. The zero-order valence-corrected chi connectivity index (χ0v) is 13.4. The highest BCUT2D eigenvalue weighted by Gasteiger charge is 2.17. The standard InChI is InChI=1S/C16H11F2N3O6/c17-15(18)26-12-4-2-1-3-10(12)19-14(22)8-20-11-6-5-9(21(24)25)7-13(11)27-16(20)23/h1-7,15H,8H2,(H,19,22). The van der Waals surface area contributed by atoms with Crippen molar-refractivity contribution in [2.45, 2.75) is 13.2 Å². The van der Waals surface area contributed by atoms with Crippen LogP contribution in [0.5, 0.6) is 5.75 Å². The van der Waals surface area contributed by atoms with Crippen LogP contribution in [0.15, 0.2) is 51.7 Å². The third kappa shape index (κ3) is 3.92. The molecule has 3 rings (SSSR count). The number of para-hydroxylation sites is 2. The van der Waals surface area contributed by atoms with E-state index in [-0.39, 0.29) is 28.2 Å². The number of benzene rings is 2. The summed E-state index contributed by atoms with van der Waals surface area (Å²) >= 11 is 0. The van der Waals surface area contributed by atoms with Gasteiger partial charge in [-0.1, -0.05) is 12.1 Å². The first kappa shape index (κ1) is 18.0. The van der Waals surface area contributed by atoms with Crippen LogP contribution in [0.2, 0.25) is 0 Å². The van der Waals surface area contributed by atoms with Crippen molar-refractivity contribution in [3.8, 4) is 5.75 Å². The zero-order valence-electron chi connectivity index (χ0n) is 13.4. The normalized spacial score (nSPS) is 10.9. The lowest BCUT2D eigenvalue weighted by Gasteiger charge is -2.11. The summed E-state index contributed by atoms with van der Waals surface area (Å²) in [5, 5.41) is 13.1. The van der Waals surface area contributed by atoms with Gasteiger partial charge in [-0.25, -0.2) is 4.79 Å². The maximum atomic E-state index is 12.4. The largest absolute Gasteiger partial charge is 0.433 e. The molecule has 0 aliphatic heterocycles.